The van der Waals surface area contributed by atoms with Crippen LogP contribution in [0.2, 0.25) is 0 Å². The zero-order valence-electron chi connectivity index (χ0n) is 10.5. The Bertz CT molecular complexity index is 644. The summed E-state index contributed by atoms with van der Waals surface area (Å²) in [6.07, 6.45) is 0. The van der Waals surface area contributed by atoms with Gasteiger partial charge in [-0.05, 0) is 39.7 Å². The molecule has 0 spiro atoms. The minimum atomic E-state index is 0.107. The maximum atomic E-state index is 8.81. The normalized spacial score (nSPS) is 11.4. The zero-order valence-corrected chi connectivity index (χ0v) is 13.6. The van der Waals surface area contributed by atoms with Gasteiger partial charge in [-0.25, -0.2) is 0 Å². The lowest BCUT2D eigenvalue weighted by Crippen LogP contribution is -2.16. The molecule has 0 saturated heterocycles. The summed E-state index contributed by atoms with van der Waals surface area (Å²) in [7, 11) is 0. The molecule has 0 saturated carbocycles. The summed E-state index contributed by atoms with van der Waals surface area (Å²) >= 11 is 6.93. The number of benzene rings is 2. The van der Waals surface area contributed by atoms with E-state index >= 15 is 0 Å². The van der Waals surface area contributed by atoms with Gasteiger partial charge in [-0.15, -0.1) is 0 Å². The second kappa shape index (κ2) is 6.76. The highest BCUT2D eigenvalue weighted by Crippen LogP contribution is 2.26. The Hall–Kier alpha value is -1.53. The van der Waals surface area contributed by atoms with Gasteiger partial charge in [-0.2, -0.15) is 0 Å². The molecule has 0 atom stereocenters. The first-order chi connectivity index (χ1) is 9.61. The lowest BCUT2D eigenvalue weighted by molar-refractivity contribution is 0.318. The van der Waals surface area contributed by atoms with E-state index in [0.717, 1.165) is 20.2 Å². The smallest absolute Gasteiger partial charge is 0.170 e. The van der Waals surface area contributed by atoms with Gasteiger partial charge in [0.2, 0.25) is 0 Å². The molecule has 2 rings (SSSR count). The fourth-order valence-corrected chi connectivity index (χ4v) is 2.55. The third kappa shape index (κ3) is 3.52. The van der Waals surface area contributed by atoms with Crippen molar-refractivity contribution in [1.29, 1.82) is 0 Å². The average molecular weight is 399 g/mol. The predicted octanol–water partition coefficient (Wildman–Crippen LogP) is 3.92. The molecule has 0 aromatic heterocycles. The van der Waals surface area contributed by atoms with Gasteiger partial charge in [0.15, 0.2) is 5.84 Å². The van der Waals surface area contributed by atoms with Crippen molar-refractivity contribution >= 4 is 43.4 Å². The molecule has 2 aromatic carbocycles. The predicted molar refractivity (Wildman–Crippen MR) is 88.1 cm³/mol. The molecule has 0 bridgehead atoms. The Kier molecular flexibility index (Phi) is 5.03. The van der Waals surface area contributed by atoms with Crippen LogP contribution in [0.15, 0.2) is 56.6 Å². The summed E-state index contributed by atoms with van der Waals surface area (Å²) in [4.78, 5) is 0. The topological polar surface area (TPSA) is 70.6 Å². The SMILES string of the molecule is NC(=NO)c1ccccc1CNc1cc(Br)ccc1Br. The summed E-state index contributed by atoms with van der Waals surface area (Å²) in [5, 5.41) is 15.2. The van der Waals surface area contributed by atoms with Gasteiger partial charge in [0.25, 0.3) is 0 Å². The molecule has 4 N–H and O–H groups in total. The molecule has 20 heavy (non-hydrogen) atoms. The number of anilines is 1. The van der Waals surface area contributed by atoms with Gasteiger partial charge >= 0.3 is 0 Å². The number of halogens is 2. The van der Waals surface area contributed by atoms with Gasteiger partial charge in [0.1, 0.15) is 0 Å². The van der Waals surface area contributed by atoms with Crippen molar-refractivity contribution in [3.05, 3.63) is 62.5 Å². The van der Waals surface area contributed by atoms with Crippen LogP contribution in [-0.2, 0) is 6.54 Å². The van der Waals surface area contributed by atoms with Crippen LogP contribution >= 0.6 is 31.9 Å². The van der Waals surface area contributed by atoms with E-state index in [1.54, 1.807) is 0 Å². The highest BCUT2D eigenvalue weighted by molar-refractivity contribution is 9.11. The summed E-state index contributed by atoms with van der Waals surface area (Å²) in [5.74, 6) is 0.107. The molecule has 104 valence electrons. The summed E-state index contributed by atoms with van der Waals surface area (Å²) in [6, 6.07) is 13.4. The van der Waals surface area contributed by atoms with Crippen molar-refractivity contribution in [2.24, 2.45) is 10.9 Å². The lowest BCUT2D eigenvalue weighted by Gasteiger charge is -2.12. The number of nitrogens with two attached hydrogens (primary N) is 1. The maximum absolute atomic E-state index is 8.81. The van der Waals surface area contributed by atoms with Crippen LogP contribution in [0.5, 0.6) is 0 Å². The van der Waals surface area contributed by atoms with Crippen LogP contribution < -0.4 is 11.1 Å². The van der Waals surface area contributed by atoms with E-state index in [9.17, 15) is 0 Å². The largest absolute Gasteiger partial charge is 0.409 e. The minimum absolute atomic E-state index is 0.107. The molecule has 0 aliphatic heterocycles. The van der Waals surface area contributed by atoms with Crippen LogP contribution in [0.4, 0.5) is 5.69 Å². The molecule has 0 aliphatic carbocycles. The lowest BCUT2D eigenvalue weighted by atomic mass is 10.1. The number of nitrogens with one attached hydrogen (secondary N) is 1. The van der Waals surface area contributed by atoms with Crippen molar-refractivity contribution in [3.63, 3.8) is 0 Å². The second-order valence-electron chi connectivity index (χ2n) is 4.12. The van der Waals surface area contributed by atoms with Gasteiger partial charge in [-0.1, -0.05) is 45.4 Å². The molecule has 0 fully saturated rings. The number of hydrogen-bond acceptors (Lipinski definition) is 3. The first-order valence-electron chi connectivity index (χ1n) is 5.86. The minimum Gasteiger partial charge on any atom is -0.409 e. The van der Waals surface area contributed by atoms with Crippen LogP contribution in [0.3, 0.4) is 0 Å². The van der Waals surface area contributed by atoms with Crippen molar-refractivity contribution in [3.8, 4) is 0 Å². The summed E-state index contributed by atoms with van der Waals surface area (Å²) in [6.45, 7) is 0.571. The van der Waals surface area contributed by atoms with Gasteiger partial charge in [0, 0.05) is 26.7 Å². The molecule has 6 heteroatoms. The number of nitrogens with zero attached hydrogens (tertiary/aromatic N) is 1. The Labute approximate surface area is 133 Å². The number of amidine groups is 1. The highest BCUT2D eigenvalue weighted by atomic mass is 79.9. The Morgan fingerprint density at radius 1 is 1.20 bits per heavy atom. The van der Waals surface area contributed by atoms with Crippen LogP contribution in [0.1, 0.15) is 11.1 Å². The van der Waals surface area contributed by atoms with Gasteiger partial charge in [-0.3, -0.25) is 0 Å². The molecule has 0 unspecified atom stereocenters. The van der Waals surface area contributed by atoms with Crippen LogP contribution in [0.25, 0.3) is 0 Å². The quantitative estimate of drug-likeness (QED) is 0.316. The molecule has 0 radical (unpaired) electrons. The fourth-order valence-electron chi connectivity index (χ4n) is 1.80. The molecular weight excluding hydrogens is 386 g/mol. The molecule has 0 aliphatic rings. The average Bonchev–Trinajstić information content (AvgIpc) is 2.47. The van der Waals surface area contributed by atoms with E-state index in [2.05, 4.69) is 42.3 Å². The number of oxime groups is 1. The van der Waals surface area contributed by atoms with E-state index in [1.165, 1.54) is 0 Å². The molecular formula is C14H13Br2N3O. The molecule has 2 aromatic rings. The van der Waals surface area contributed by atoms with E-state index in [0.29, 0.717) is 12.1 Å². The van der Waals surface area contributed by atoms with Crippen molar-refractivity contribution in [2.45, 2.75) is 6.54 Å². The van der Waals surface area contributed by atoms with Crippen molar-refractivity contribution in [1.82, 2.24) is 0 Å². The van der Waals surface area contributed by atoms with Crippen molar-refractivity contribution < 1.29 is 5.21 Å². The van der Waals surface area contributed by atoms with E-state index in [4.69, 9.17) is 10.9 Å². The third-order valence-corrected chi connectivity index (χ3v) is 3.98. The first-order valence-corrected chi connectivity index (χ1v) is 7.45. The Morgan fingerprint density at radius 3 is 2.70 bits per heavy atom. The van der Waals surface area contributed by atoms with E-state index in [-0.39, 0.29) is 5.84 Å². The van der Waals surface area contributed by atoms with Gasteiger partial charge in [0.05, 0.1) is 0 Å². The van der Waals surface area contributed by atoms with E-state index < -0.39 is 0 Å². The highest BCUT2D eigenvalue weighted by Gasteiger charge is 2.07. The summed E-state index contributed by atoms with van der Waals surface area (Å²) in [5.41, 5.74) is 8.31. The standard InChI is InChI=1S/C14H13Br2N3O/c15-10-5-6-12(16)13(7-10)18-8-9-3-1-2-4-11(9)14(17)19-20/h1-7,18,20H,8H2,(H2,17,19). The number of rotatable bonds is 4. The first kappa shape index (κ1) is 14.9. The van der Waals surface area contributed by atoms with Crippen LogP contribution in [0, 0.1) is 0 Å². The summed E-state index contributed by atoms with van der Waals surface area (Å²) < 4.78 is 1.97. The van der Waals surface area contributed by atoms with Gasteiger partial charge < -0.3 is 16.3 Å². The van der Waals surface area contributed by atoms with E-state index in [1.807, 2.05) is 42.5 Å². The molecule has 4 nitrogen and oxygen atoms in total. The maximum Gasteiger partial charge on any atom is 0.170 e. The fraction of sp³-hybridized carbons (Fsp3) is 0.0714. The second-order valence-corrected chi connectivity index (χ2v) is 5.89. The third-order valence-electron chi connectivity index (χ3n) is 2.80. The van der Waals surface area contributed by atoms with Crippen LogP contribution in [-0.4, -0.2) is 11.0 Å². The monoisotopic (exact) mass is 397 g/mol. The number of hydrogen-bond donors (Lipinski definition) is 3. The molecule has 0 heterocycles. The van der Waals surface area contributed by atoms with Crippen molar-refractivity contribution in [2.75, 3.05) is 5.32 Å². The Balaban J connectivity index is 2.21. The zero-order chi connectivity index (χ0) is 14.5. The Morgan fingerprint density at radius 2 is 1.95 bits per heavy atom. The molecule has 0 amide bonds.